The van der Waals surface area contributed by atoms with E-state index in [-0.39, 0.29) is 0 Å². The Morgan fingerprint density at radius 3 is 2.55 bits per heavy atom. The second kappa shape index (κ2) is 9.75. The van der Waals surface area contributed by atoms with E-state index in [9.17, 15) is 0 Å². The van der Waals surface area contributed by atoms with Crippen LogP contribution >= 0.6 is 0 Å². The monoisotopic (exact) mass is 284 g/mol. The lowest BCUT2D eigenvalue weighted by Gasteiger charge is -2.43. The SMILES string of the molecule is CCCCOCCN1CC(CC(C)C)NCC1C(C)C. The van der Waals surface area contributed by atoms with Gasteiger partial charge in [0.1, 0.15) is 0 Å². The van der Waals surface area contributed by atoms with Gasteiger partial charge in [-0.05, 0) is 24.7 Å². The summed E-state index contributed by atoms with van der Waals surface area (Å²) in [5.41, 5.74) is 0. The van der Waals surface area contributed by atoms with Gasteiger partial charge >= 0.3 is 0 Å². The Balaban J connectivity index is 2.38. The molecule has 3 heteroatoms. The van der Waals surface area contributed by atoms with Gasteiger partial charge in [-0.2, -0.15) is 0 Å². The first-order valence-electron chi connectivity index (χ1n) is 8.59. The highest BCUT2D eigenvalue weighted by atomic mass is 16.5. The molecule has 0 spiro atoms. The maximum Gasteiger partial charge on any atom is 0.0593 e. The smallest absolute Gasteiger partial charge is 0.0593 e. The Morgan fingerprint density at radius 2 is 1.95 bits per heavy atom. The average molecular weight is 284 g/mol. The van der Waals surface area contributed by atoms with Crippen molar-refractivity contribution in [3.8, 4) is 0 Å². The molecule has 2 unspecified atom stereocenters. The van der Waals surface area contributed by atoms with Crippen LogP contribution < -0.4 is 5.32 Å². The molecule has 0 aromatic rings. The van der Waals surface area contributed by atoms with Crippen LogP contribution in [0.2, 0.25) is 0 Å². The molecule has 0 amide bonds. The van der Waals surface area contributed by atoms with Crippen LogP contribution in [0.5, 0.6) is 0 Å². The van der Waals surface area contributed by atoms with Crippen LogP contribution in [0.1, 0.15) is 53.9 Å². The van der Waals surface area contributed by atoms with Gasteiger partial charge in [0.25, 0.3) is 0 Å². The summed E-state index contributed by atoms with van der Waals surface area (Å²) in [4.78, 5) is 2.65. The highest BCUT2D eigenvalue weighted by Gasteiger charge is 2.29. The van der Waals surface area contributed by atoms with Crippen molar-refractivity contribution in [1.82, 2.24) is 10.2 Å². The van der Waals surface area contributed by atoms with Crippen molar-refractivity contribution in [2.75, 3.05) is 32.8 Å². The largest absolute Gasteiger partial charge is 0.380 e. The molecule has 1 N–H and O–H groups in total. The molecule has 120 valence electrons. The predicted molar refractivity (Wildman–Crippen MR) is 87.2 cm³/mol. The third-order valence-corrected chi connectivity index (χ3v) is 4.23. The molecule has 1 rings (SSSR count). The van der Waals surface area contributed by atoms with Gasteiger partial charge in [0.2, 0.25) is 0 Å². The molecule has 0 aromatic carbocycles. The topological polar surface area (TPSA) is 24.5 Å². The average Bonchev–Trinajstić information content (AvgIpc) is 2.37. The van der Waals surface area contributed by atoms with Gasteiger partial charge in [-0.3, -0.25) is 4.90 Å². The van der Waals surface area contributed by atoms with Crippen LogP contribution in [0, 0.1) is 11.8 Å². The van der Waals surface area contributed by atoms with E-state index < -0.39 is 0 Å². The first-order valence-corrected chi connectivity index (χ1v) is 8.59. The zero-order valence-electron chi connectivity index (χ0n) is 14.3. The third-order valence-electron chi connectivity index (χ3n) is 4.23. The highest BCUT2D eigenvalue weighted by molar-refractivity contribution is 4.88. The maximum atomic E-state index is 5.76. The van der Waals surface area contributed by atoms with Crippen LogP contribution in [0.25, 0.3) is 0 Å². The van der Waals surface area contributed by atoms with E-state index >= 15 is 0 Å². The van der Waals surface area contributed by atoms with Crippen LogP contribution in [-0.4, -0.2) is 49.8 Å². The first kappa shape index (κ1) is 17.9. The molecule has 1 heterocycles. The molecular weight excluding hydrogens is 248 g/mol. The van der Waals surface area contributed by atoms with Crippen LogP contribution in [0.3, 0.4) is 0 Å². The normalized spacial score (nSPS) is 24.8. The Hall–Kier alpha value is -0.120. The molecular formula is C17H36N2O. The molecule has 2 atom stereocenters. The standard InChI is InChI=1S/C17H36N2O/c1-6-7-9-20-10-8-19-13-16(11-14(2)3)18-12-17(19)15(4)5/h14-18H,6-13H2,1-5H3. The van der Waals surface area contributed by atoms with Gasteiger partial charge in [-0.25, -0.2) is 0 Å². The molecule has 0 bridgehead atoms. The Kier molecular flexibility index (Phi) is 8.74. The highest BCUT2D eigenvalue weighted by Crippen LogP contribution is 2.18. The van der Waals surface area contributed by atoms with E-state index in [0.29, 0.717) is 18.0 Å². The van der Waals surface area contributed by atoms with E-state index in [1.54, 1.807) is 0 Å². The van der Waals surface area contributed by atoms with E-state index in [4.69, 9.17) is 4.74 Å². The van der Waals surface area contributed by atoms with Crippen LogP contribution in [0.15, 0.2) is 0 Å². The number of nitrogens with one attached hydrogen (secondary N) is 1. The summed E-state index contributed by atoms with van der Waals surface area (Å²) in [5, 5.41) is 3.74. The van der Waals surface area contributed by atoms with Crippen molar-refractivity contribution in [3.05, 3.63) is 0 Å². The van der Waals surface area contributed by atoms with Gasteiger partial charge in [0.15, 0.2) is 0 Å². The molecule has 1 aliphatic rings. The van der Waals surface area contributed by atoms with Crippen molar-refractivity contribution in [2.24, 2.45) is 11.8 Å². The Labute approximate surface area is 126 Å². The van der Waals surface area contributed by atoms with Crippen molar-refractivity contribution in [3.63, 3.8) is 0 Å². The number of piperazine rings is 1. The second-order valence-corrected chi connectivity index (χ2v) is 7.01. The minimum Gasteiger partial charge on any atom is -0.380 e. The van der Waals surface area contributed by atoms with Crippen LogP contribution in [0.4, 0.5) is 0 Å². The Morgan fingerprint density at radius 1 is 1.20 bits per heavy atom. The van der Waals surface area contributed by atoms with Gasteiger partial charge in [0, 0.05) is 38.3 Å². The van der Waals surface area contributed by atoms with Crippen molar-refractivity contribution in [2.45, 2.75) is 66.0 Å². The maximum absolute atomic E-state index is 5.76. The Bertz CT molecular complexity index is 243. The van der Waals surface area contributed by atoms with Gasteiger partial charge in [-0.1, -0.05) is 41.0 Å². The molecule has 20 heavy (non-hydrogen) atoms. The molecule has 0 saturated carbocycles. The fraction of sp³-hybridized carbons (Fsp3) is 1.00. The summed E-state index contributed by atoms with van der Waals surface area (Å²) < 4.78 is 5.76. The molecule has 1 fully saturated rings. The lowest BCUT2D eigenvalue weighted by molar-refractivity contribution is 0.0467. The van der Waals surface area contributed by atoms with Gasteiger partial charge in [-0.15, -0.1) is 0 Å². The lowest BCUT2D eigenvalue weighted by atomic mass is 9.95. The van der Waals surface area contributed by atoms with Crippen molar-refractivity contribution in [1.29, 1.82) is 0 Å². The molecule has 1 aliphatic heterocycles. The zero-order chi connectivity index (χ0) is 15.0. The molecule has 0 aromatic heterocycles. The summed E-state index contributed by atoms with van der Waals surface area (Å²) in [6.07, 6.45) is 3.68. The summed E-state index contributed by atoms with van der Waals surface area (Å²) in [6, 6.07) is 1.31. The quantitative estimate of drug-likeness (QED) is 0.658. The van der Waals surface area contributed by atoms with E-state index in [1.165, 1.54) is 25.8 Å². The number of rotatable bonds is 9. The minimum atomic E-state index is 0.653. The predicted octanol–water partition coefficient (Wildman–Crippen LogP) is 3.15. The number of ether oxygens (including phenoxy) is 1. The zero-order valence-corrected chi connectivity index (χ0v) is 14.3. The number of nitrogens with zero attached hydrogens (tertiary/aromatic N) is 1. The molecule has 1 saturated heterocycles. The fourth-order valence-corrected chi connectivity index (χ4v) is 3.07. The van der Waals surface area contributed by atoms with Gasteiger partial charge < -0.3 is 10.1 Å². The molecule has 3 nitrogen and oxygen atoms in total. The molecule has 0 radical (unpaired) electrons. The van der Waals surface area contributed by atoms with Crippen molar-refractivity contribution >= 4 is 0 Å². The summed E-state index contributed by atoms with van der Waals surface area (Å²) in [5.74, 6) is 1.48. The van der Waals surface area contributed by atoms with E-state index in [1.807, 2.05) is 0 Å². The summed E-state index contributed by atoms with van der Waals surface area (Å²) >= 11 is 0. The molecule has 0 aliphatic carbocycles. The summed E-state index contributed by atoms with van der Waals surface area (Å²) in [7, 11) is 0. The minimum absolute atomic E-state index is 0.653. The van der Waals surface area contributed by atoms with Crippen molar-refractivity contribution < 1.29 is 4.74 Å². The number of unbranched alkanes of at least 4 members (excludes halogenated alkanes) is 1. The number of hydrogen-bond donors (Lipinski definition) is 1. The first-order chi connectivity index (χ1) is 9.54. The number of hydrogen-bond acceptors (Lipinski definition) is 3. The van der Waals surface area contributed by atoms with Crippen LogP contribution in [-0.2, 0) is 4.74 Å². The second-order valence-electron chi connectivity index (χ2n) is 7.01. The van der Waals surface area contributed by atoms with E-state index in [0.717, 1.165) is 32.2 Å². The third kappa shape index (κ3) is 6.55. The van der Waals surface area contributed by atoms with Gasteiger partial charge in [0.05, 0.1) is 6.61 Å². The lowest BCUT2D eigenvalue weighted by Crippen LogP contribution is -2.59. The van der Waals surface area contributed by atoms with E-state index in [2.05, 4.69) is 44.8 Å². The fourth-order valence-electron chi connectivity index (χ4n) is 3.07. The summed E-state index contributed by atoms with van der Waals surface area (Å²) in [6.45, 7) is 16.7.